The SMILES string of the molecule is CC.CC.CC.CC12CCC3c4ccc(O)cc4CCC3C1C(CCC(=O)O)CC2=O. The van der Waals surface area contributed by atoms with E-state index < -0.39 is 5.97 Å². The van der Waals surface area contributed by atoms with E-state index in [0.29, 0.717) is 42.1 Å². The lowest BCUT2D eigenvalue weighted by Crippen LogP contribution is -2.44. The molecule has 0 aromatic heterocycles. The number of carboxylic acid groups (broad SMARTS) is 1. The van der Waals surface area contributed by atoms with Gasteiger partial charge in [0, 0.05) is 18.3 Å². The van der Waals surface area contributed by atoms with Gasteiger partial charge in [0.05, 0.1) is 0 Å². The molecule has 0 aliphatic heterocycles. The molecule has 4 heteroatoms. The number of Topliss-reactive ketones (excluding diaryl/α,β-unsaturated/α-hetero) is 1. The van der Waals surface area contributed by atoms with Crippen molar-refractivity contribution in [3.8, 4) is 5.75 Å². The maximum absolute atomic E-state index is 12.8. The Kier molecular flexibility index (Phi) is 10.8. The van der Waals surface area contributed by atoms with Crippen LogP contribution in [0.2, 0.25) is 0 Å². The topological polar surface area (TPSA) is 74.6 Å². The van der Waals surface area contributed by atoms with Gasteiger partial charge in [-0.1, -0.05) is 54.5 Å². The zero-order valence-corrected chi connectivity index (χ0v) is 20.7. The third-order valence-corrected chi connectivity index (χ3v) is 7.28. The number of carboxylic acids is 1. The molecule has 0 saturated heterocycles. The first-order chi connectivity index (χ1) is 14.9. The Hall–Kier alpha value is -1.84. The molecule has 0 bridgehead atoms. The molecular weight excluding hydrogens is 388 g/mol. The number of hydrogen-bond donors (Lipinski definition) is 2. The van der Waals surface area contributed by atoms with Crippen LogP contribution in [0.1, 0.15) is 104 Å². The van der Waals surface area contributed by atoms with Crippen molar-refractivity contribution in [3.05, 3.63) is 29.3 Å². The number of aryl methyl sites for hydroxylation is 1. The van der Waals surface area contributed by atoms with Crippen LogP contribution in [0.4, 0.5) is 0 Å². The molecule has 2 fully saturated rings. The molecular formula is C27H44O4. The quantitative estimate of drug-likeness (QED) is 0.540. The molecule has 31 heavy (non-hydrogen) atoms. The van der Waals surface area contributed by atoms with Crippen molar-refractivity contribution in [3.63, 3.8) is 0 Å². The normalized spacial score (nSPS) is 30.0. The van der Waals surface area contributed by atoms with Gasteiger partial charge >= 0.3 is 5.97 Å². The highest BCUT2D eigenvalue weighted by Gasteiger charge is 2.58. The number of ketones is 1. The predicted molar refractivity (Wildman–Crippen MR) is 128 cm³/mol. The summed E-state index contributed by atoms with van der Waals surface area (Å²) in [6, 6.07) is 5.73. The molecule has 4 nitrogen and oxygen atoms in total. The molecule has 3 aliphatic carbocycles. The molecule has 4 rings (SSSR count). The zero-order chi connectivity index (χ0) is 23.8. The Morgan fingerprint density at radius 3 is 2.35 bits per heavy atom. The van der Waals surface area contributed by atoms with E-state index in [-0.39, 0.29) is 17.8 Å². The van der Waals surface area contributed by atoms with Crippen LogP contribution >= 0.6 is 0 Å². The smallest absolute Gasteiger partial charge is 0.303 e. The van der Waals surface area contributed by atoms with Crippen LogP contribution in [-0.2, 0) is 16.0 Å². The van der Waals surface area contributed by atoms with Gasteiger partial charge in [-0.15, -0.1) is 0 Å². The number of carbonyl (C=O) groups excluding carboxylic acids is 1. The van der Waals surface area contributed by atoms with Gasteiger partial charge < -0.3 is 10.2 Å². The molecule has 5 unspecified atom stereocenters. The van der Waals surface area contributed by atoms with Crippen LogP contribution in [0.5, 0.6) is 5.75 Å². The number of phenolic OH excluding ortho intramolecular Hbond substituents is 1. The minimum atomic E-state index is -0.766. The second-order valence-corrected chi connectivity index (χ2v) is 8.49. The summed E-state index contributed by atoms with van der Waals surface area (Å²) in [5.74, 6) is 1.33. The largest absolute Gasteiger partial charge is 0.508 e. The Morgan fingerprint density at radius 1 is 1.10 bits per heavy atom. The van der Waals surface area contributed by atoms with E-state index in [1.54, 1.807) is 6.07 Å². The van der Waals surface area contributed by atoms with Crippen molar-refractivity contribution in [2.75, 3.05) is 0 Å². The minimum Gasteiger partial charge on any atom is -0.508 e. The van der Waals surface area contributed by atoms with Crippen molar-refractivity contribution in [1.29, 1.82) is 0 Å². The van der Waals surface area contributed by atoms with Crippen LogP contribution in [0, 0.1) is 23.2 Å². The van der Waals surface area contributed by atoms with Gasteiger partial charge in [-0.05, 0) is 79.0 Å². The number of fused-ring (bicyclic) bond motifs is 5. The molecule has 0 amide bonds. The Morgan fingerprint density at radius 2 is 1.74 bits per heavy atom. The van der Waals surface area contributed by atoms with Crippen LogP contribution in [0.15, 0.2) is 18.2 Å². The van der Waals surface area contributed by atoms with E-state index in [0.717, 1.165) is 25.7 Å². The van der Waals surface area contributed by atoms with E-state index in [2.05, 4.69) is 13.0 Å². The van der Waals surface area contributed by atoms with Crippen molar-refractivity contribution >= 4 is 11.8 Å². The lowest BCUT2D eigenvalue weighted by molar-refractivity contribution is -0.137. The number of aliphatic carboxylic acids is 1. The predicted octanol–water partition coefficient (Wildman–Crippen LogP) is 6.99. The molecule has 0 spiro atoms. The fourth-order valence-electron chi connectivity index (χ4n) is 6.20. The van der Waals surface area contributed by atoms with Crippen molar-refractivity contribution < 1.29 is 19.8 Å². The number of hydrogen-bond acceptors (Lipinski definition) is 3. The third-order valence-electron chi connectivity index (χ3n) is 7.28. The lowest BCUT2D eigenvalue weighted by atomic mass is 9.54. The van der Waals surface area contributed by atoms with Gasteiger partial charge in [-0.25, -0.2) is 0 Å². The summed E-state index contributed by atoms with van der Waals surface area (Å²) in [6.45, 7) is 14.1. The van der Waals surface area contributed by atoms with Crippen molar-refractivity contribution in [2.24, 2.45) is 23.2 Å². The van der Waals surface area contributed by atoms with Crippen molar-refractivity contribution in [1.82, 2.24) is 0 Å². The first-order valence-electron chi connectivity index (χ1n) is 12.5. The molecule has 0 heterocycles. The first kappa shape index (κ1) is 27.2. The van der Waals surface area contributed by atoms with Crippen LogP contribution in [-0.4, -0.2) is 22.0 Å². The summed E-state index contributed by atoms with van der Waals surface area (Å²) in [5.41, 5.74) is 2.32. The van der Waals surface area contributed by atoms with Gasteiger partial charge in [0.1, 0.15) is 11.5 Å². The minimum absolute atomic E-state index is 0.159. The first-order valence-corrected chi connectivity index (χ1v) is 12.5. The molecule has 1 aromatic rings. The summed E-state index contributed by atoms with van der Waals surface area (Å²) >= 11 is 0. The summed E-state index contributed by atoms with van der Waals surface area (Å²) in [6.07, 6.45) is 5.24. The second kappa shape index (κ2) is 12.3. The monoisotopic (exact) mass is 432 g/mol. The molecule has 2 saturated carbocycles. The molecule has 176 valence electrons. The van der Waals surface area contributed by atoms with Crippen LogP contribution in [0.3, 0.4) is 0 Å². The van der Waals surface area contributed by atoms with Gasteiger partial charge in [-0.2, -0.15) is 0 Å². The molecule has 3 aliphatic rings. The van der Waals surface area contributed by atoms with Gasteiger partial charge in [-0.3, -0.25) is 9.59 Å². The standard InChI is InChI=1S/C21H26O4.3C2H6/c1-21-9-8-16-15-6-4-14(22)10-12(15)2-5-17(16)20(21)13(11-18(21)23)3-7-19(24)25;3*1-2/h4,6,10,13,16-17,20,22H,2-3,5,7-9,11H2,1H3,(H,24,25);3*1-2H3. The number of carbonyl (C=O) groups is 2. The number of aromatic hydroxyl groups is 1. The van der Waals surface area contributed by atoms with E-state index in [4.69, 9.17) is 5.11 Å². The van der Waals surface area contributed by atoms with Gasteiger partial charge in [0.2, 0.25) is 0 Å². The number of phenols is 1. The summed E-state index contributed by atoms with van der Waals surface area (Å²) in [7, 11) is 0. The van der Waals surface area contributed by atoms with E-state index in [1.165, 1.54) is 11.1 Å². The average Bonchev–Trinajstić information content (AvgIpc) is 3.06. The molecule has 0 radical (unpaired) electrons. The highest BCUT2D eigenvalue weighted by atomic mass is 16.4. The van der Waals surface area contributed by atoms with Crippen LogP contribution < -0.4 is 0 Å². The maximum Gasteiger partial charge on any atom is 0.303 e. The number of rotatable bonds is 3. The number of benzene rings is 1. The van der Waals surface area contributed by atoms with E-state index in [1.807, 2.05) is 47.6 Å². The Balaban J connectivity index is 0.000000739. The lowest BCUT2D eigenvalue weighted by Gasteiger charge is -2.50. The average molecular weight is 433 g/mol. The van der Waals surface area contributed by atoms with Gasteiger partial charge in [0.15, 0.2) is 0 Å². The second-order valence-electron chi connectivity index (χ2n) is 8.49. The van der Waals surface area contributed by atoms with E-state index >= 15 is 0 Å². The molecule has 1 aromatic carbocycles. The highest BCUT2D eigenvalue weighted by molar-refractivity contribution is 5.87. The molecule has 5 atom stereocenters. The summed E-state index contributed by atoms with van der Waals surface area (Å²) in [5, 5.41) is 18.9. The maximum atomic E-state index is 12.8. The summed E-state index contributed by atoms with van der Waals surface area (Å²) in [4.78, 5) is 23.8. The zero-order valence-electron chi connectivity index (χ0n) is 20.7. The van der Waals surface area contributed by atoms with E-state index in [9.17, 15) is 14.7 Å². The Labute approximate surface area is 189 Å². The highest BCUT2D eigenvalue weighted by Crippen LogP contribution is 2.62. The molecule has 2 N–H and O–H groups in total. The third kappa shape index (κ3) is 5.51. The fraction of sp³-hybridized carbons (Fsp3) is 0.704. The van der Waals surface area contributed by atoms with Gasteiger partial charge in [0.25, 0.3) is 0 Å². The Bertz CT molecular complexity index is 726. The summed E-state index contributed by atoms with van der Waals surface area (Å²) < 4.78 is 0. The van der Waals surface area contributed by atoms with Crippen LogP contribution in [0.25, 0.3) is 0 Å². The van der Waals surface area contributed by atoms with Crippen molar-refractivity contribution in [2.45, 2.75) is 99.3 Å². The fourth-order valence-corrected chi connectivity index (χ4v) is 6.20.